The van der Waals surface area contributed by atoms with E-state index < -0.39 is 11.6 Å². The number of hydrogen-bond donors (Lipinski definition) is 0. The first-order chi connectivity index (χ1) is 9.11. The zero-order chi connectivity index (χ0) is 13.6. The summed E-state index contributed by atoms with van der Waals surface area (Å²) in [6.07, 6.45) is 1.98. The summed E-state index contributed by atoms with van der Waals surface area (Å²) >= 11 is 6.39. The molecule has 1 aromatic heterocycles. The van der Waals surface area contributed by atoms with E-state index in [0.717, 1.165) is 12.8 Å². The zero-order valence-electron chi connectivity index (χ0n) is 9.71. The molecule has 1 heterocycles. The van der Waals surface area contributed by atoms with E-state index in [1.54, 1.807) is 0 Å². The fourth-order valence-electron chi connectivity index (χ4n) is 2.06. The van der Waals surface area contributed by atoms with Crippen LogP contribution in [0.5, 0.6) is 0 Å². The molecule has 0 amide bonds. The fourth-order valence-corrected chi connectivity index (χ4v) is 2.84. The van der Waals surface area contributed by atoms with Gasteiger partial charge in [-0.2, -0.15) is 0 Å². The van der Waals surface area contributed by atoms with Crippen molar-refractivity contribution in [3.63, 3.8) is 0 Å². The van der Waals surface area contributed by atoms with Gasteiger partial charge in [-0.3, -0.25) is 0 Å². The Balaban J connectivity index is 2.20. The predicted molar refractivity (Wildman–Crippen MR) is 74.0 cm³/mol. The van der Waals surface area contributed by atoms with Gasteiger partial charge < -0.3 is 4.57 Å². The molecule has 1 aromatic carbocycles. The third-order valence-corrected chi connectivity index (χ3v) is 3.99. The summed E-state index contributed by atoms with van der Waals surface area (Å²) < 4.78 is 30.2. The summed E-state index contributed by atoms with van der Waals surface area (Å²) in [7, 11) is 0. The molecule has 0 radical (unpaired) electrons. The summed E-state index contributed by atoms with van der Waals surface area (Å²) in [4.78, 5) is 0. The smallest absolute Gasteiger partial charge is 0.170 e. The van der Waals surface area contributed by atoms with Gasteiger partial charge >= 0.3 is 0 Å². The fraction of sp³-hybridized carbons (Fsp3) is 0.333. The van der Waals surface area contributed by atoms with Crippen molar-refractivity contribution in [2.75, 3.05) is 0 Å². The van der Waals surface area contributed by atoms with Crippen molar-refractivity contribution in [1.82, 2.24) is 14.8 Å². The minimum atomic E-state index is -0.637. The lowest BCUT2D eigenvalue weighted by Crippen LogP contribution is -2.04. The molecule has 19 heavy (non-hydrogen) atoms. The maximum Gasteiger partial charge on any atom is 0.170 e. The van der Waals surface area contributed by atoms with E-state index in [4.69, 9.17) is 0 Å². The predicted octanol–water partition coefficient (Wildman–Crippen LogP) is 4.22. The molecule has 1 saturated carbocycles. The second kappa shape index (κ2) is 4.94. The zero-order valence-corrected chi connectivity index (χ0v) is 12.9. The Morgan fingerprint density at radius 3 is 2.37 bits per heavy atom. The largest absolute Gasteiger partial charge is 0.307 e. The van der Waals surface area contributed by atoms with Crippen LogP contribution in [0, 0.1) is 11.6 Å². The molecule has 2 aromatic rings. The Kier molecular flexibility index (Phi) is 3.42. The normalized spacial score (nSPS) is 14.9. The number of halogens is 4. The van der Waals surface area contributed by atoms with Gasteiger partial charge in [0.2, 0.25) is 0 Å². The van der Waals surface area contributed by atoms with Crippen LogP contribution in [0.2, 0.25) is 0 Å². The van der Waals surface area contributed by atoms with Crippen LogP contribution in [0.15, 0.2) is 16.6 Å². The van der Waals surface area contributed by atoms with Gasteiger partial charge in [-0.25, -0.2) is 8.78 Å². The topological polar surface area (TPSA) is 30.7 Å². The van der Waals surface area contributed by atoms with Crippen molar-refractivity contribution in [1.29, 1.82) is 0 Å². The summed E-state index contributed by atoms with van der Waals surface area (Å²) in [6, 6.07) is 2.72. The summed E-state index contributed by atoms with van der Waals surface area (Å²) in [5.74, 6) is -0.316. The Morgan fingerprint density at radius 1 is 1.21 bits per heavy atom. The highest BCUT2D eigenvalue weighted by molar-refractivity contribution is 9.10. The van der Waals surface area contributed by atoms with Gasteiger partial charge in [-0.1, -0.05) is 31.9 Å². The van der Waals surface area contributed by atoms with E-state index in [-0.39, 0.29) is 17.4 Å². The second-order valence-electron chi connectivity index (χ2n) is 4.42. The lowest BCUT2D eigenvalue weighted by atomic mass is 10.2. The Labute approximate surface area is 125 Å². The monoisotopic (exact) mass is 391 g/mol. The van der Waals surface area contributed by atoms with Gasteiger partial charge in [0, 0.05) is 10.5 Å². The van der Waals surface area contributed by atoms with Crippen molar-refractivity contribution in [2.45, 2.75) is 24.2 Å². The number of nitrogens with zero attached hydrogens (tertiary/aromatic N) is 3. The molecule has 1 aliphatic rings. The molecule has 1 fully saturated rings. The van der Waals surface area contributed by atoms with E-state index in [0.29, 0.717) is 15.6 Å². The quantitative estimate of drug-likeness (QED) is 0.732. The number of aromatic nitrogens is 3. The highest BCUT2D eigenvalue weighted by atomic mass is 79.9. The molecule has 0 spiro atoms. The van der Waals surface area contributed by atoms with Crippen LogP contribution >= 0.6 is 31.9 Å². The lowest BCUT2D eigenvalue weighted by molar-refractivity contribution is 0.581. The molecule has 100 valence electrons. The molecule has 7 heteroatoms. The van der Waals surface area contributed by atoms with Gasteiger partial charge in [-0.05, 0) is 25.0 Å². The van der Waals surface area contributed by atoms with Crippen molar-refractivity contribution in [3.05, 3.63) is 34.1 Å². The van der Waals surface area contributed by atoms with Crippen molar-refractivity contribution in [3.8, 4) is 11.4 Å². The highest BCUT2D eigenvalue weighted by Gasteiger charge is 2.31. The molecular formula is C12H9Br2F2N3. The van der Waals surface area contributed by atoms with Crippen LogP contribution in [-0.2, 0) is 5.33 Å². The lowest BCUT2D eigenvalue weighted by Gasteiger charge is -2.09. The molecule has 0 aliphatic heterocycles. The Bertz CT molecular complexity index is 615. The van der Waals surface area contributed by atoms with Gasteiger partial charge in [0.25, 0.3) is 0 Å². The Hall–Kier alpha value is -0.820. The summed E-state index contributed by atoms with van der Waals surface area (Å²) in [5.41, 5.74) is -0.116. The van der Waals surface area contributed by atoms with Crippen molar-refractivity contribution < 1.29 is 8.78 Å². The van der Waals surface area contributed by atoms with Gasteiger partial charge in [0.05, 0.1) is 10.9 Å². The second-order valence-corrected chi connectivity index (χ2v) is 5.90. The molecule has 0 bridgehead atoms. The molecule has 0 saturated heterocycles. The minimum Gasteiger partial charge on any atom is -0.307 e. The van der Waals surface area contributed by atoms with Crippen LogP contribution in [0.4, 0.5) is 8.78 Å². The number of benzene rings is 1. The highest BCUT2D eigenvalue weighted by Crippen LogP contribution is 2.40. The Morgan fingerprint density at radius 2 is 1.84 bits per heavy atom. The number of alkyl halides is 1. The third-order valence-electron chi connectivity index (χ3n) is 3.03. The third kappa shape index (κ3) is 2.33. The first-order valence-corrected chi connectivity index (χ1v) is 7.68. The molecule has 0 atom stereocenters. The first kappa shape index (κ1) is 13.2. The van der Waals surface area contributed by atoms with Crippen LogP contribution in [-0.4, -0.2) is 14.8 Å². The minimum absolute atomic E-state index is 0.116. The molecular weight excluding hydrogens is 384 g/mol. The molecule has 1 aliphatic carbocycles. The van der Waals surface area contributed by atoms with Gasteiger partial charge in [0.1, 0.15) is 17.5 Å². The molecule has 3 rings (SSSR count). The van der Waals surface area contributed by atoms with Crippen LogP contribution in [0.3, 0.4) is 0 Å². The average Bonchev–Trinajstić information content (AvgIpc) is 3.09. The van der Waals surface area contributed by atoms with Crippen LogP contribution in [0.25, 0.3) is 11.4 Å². The summed E-state index contributed by atoms with van der Waals surface area (Å²) in [6.45, 7) is 0. The van der Waals surface area contributed by atoms with E-state index >= 15 is 0 Å². The van der Waals surface area contributed by atoms with E-state index in [1.807, 2.05) is 4.57 Å². The first-order valence-electron chi connectivity index (χ1n) is 5.76. The van der Waals surface area contributed by atoms with Gasteiger partial charge in [0.15, 0.2) is 5.82 Å². The summed E-state index contributed by atoms with van der Waals surface area (Å²) in [5, 5.41) is 8.47. The number of rotatable bonds is 3. The van der Waals surface area contributed by atoms with E-state index in [2.05, 4.69) is 42.1 Å². The SMILES string of the molecule is Fc1cc(Br)cc(F)c1-c1nnc(CBr)n1C1CC1. The van der Waals surface area contributed by atoms with Crippen molar-refractivity contribution in [2.24, 2.45) is 0 Å². The standard InChI is InChI=1S/C12H9Br2F2N3/c13-5-10-17-18-12(19(10)7-1-2-7)11-8(15)3-6(14)4-9(11)16/h3-4,7H,1-2,5H2. The van der Waals surface area contributed by atoms with Gasteiger partial charge in [-0.15, -0.1) is 10.2 Å². The van der Waals surface area contributed by atoms with E-state index in [1.165, 1.54) is 12.1 Å². The molecule has 0 N–H and O–H groups in total. The average molecular weight is 393 g/mol. The number of hydrogen-bond acceptors (Lipinski definition) is 2. The van der Waals surface area contributed by atoms with Crippen molar-refractivity contribution >= 4 is 31.9 Å². The van der Waals surface area contributed by atoms with Crippen LogP contribution < -0.4 is 0 Å². The molecule has 3 nitrogen and oxygen atoms in total. The van der Waals surface area contributed by atoms with Crippen LogP contribution in [0.1, 0.15) is 24.7 Å². The van der Waals surface area contributed by atoms with E-state index in [9.17, 15) is 8.78 Å². The maximum absolute atomic E-state index is 14.0. The molecule has 0 unspecified atom stereocenters. The maximum atomic E-state index is 14.0.